The predicted octanol–water partition coefficient (Wildman–Crippen LogP) is 3.07. The van der Waals surface area contributed by atoms with E-state index >= 15 is 0 Å². The molecule has 1 aromatic carbocycles. The normalized spacial score (nSPS) is 29.6. The number of nitrogens with one attached hydrogen (secondary N) is 2. The number of halogens is 2. The molecule has 2 bridgehead atoms. The molecule has 2 N–H and O–H groups in total. The Hall–Kier alpha value is -0.770. The van der Waals surface area contributed by atoms with Crippen molar-refractivity contribution in [3.63, 3.8) is 0 Å². The van der Waals surface area contributed by atoms with Gasteiger partial charge in [-0.25, -0.2) is 0 Å². The molecule has 2 fully saturated rings. The number of rotatable bonds is 2. The molecule has 3 nitrogen and oxygen atoms in total. The van der Waals surface area contributed by atoms with Gasteiger partial charge in [0, 0.05) is 17.8 Å². The third-order valence-electron chi connectivity index (χ3n) is 3.82. The molecule has 0 spiro atoms. The minimum atomic E-state index is 0.0769. The first kappa shape index (κ1) is 12.3. The molecule has 2 heterocycles. The van der Waals surface area contributed by atoms with Crippen LogP contribution in [0.25, 0.3) is 0 Å². The number of anilines is 1. The summed E-state index contributed by atoms with van der Waals surface area (Å²) in [6, 6.07) is 6.02. The maximum absolute atomic E-state index is 12.2. The molecule has 0 saturated carbocycles. The highest BCUT2D eigenvalue weighted by molar-refractivity contribution is 6.42. The van der Waals surface area contributed by atoms with Gasteiger partial charge in [0.05, 0.1) is 16.0 Å². The highest BCUT2D eigenvalue weighted by Gasteiger charge is 2.42. The van der Waals surface area contributed by atoms with Crippen LogP contribution in [0.4, 0.5) is 5.69 Å². The monoisotopic (exact) mass is 284 g/mol. The van der Waals surface area contributed by atoms with Gasteiger partial charge in [0.15, 0.2) is 0 Å². The lowest BCUT2D eigenvalue weighted by atomic mass is 9.88. The second kappa shape index (κ2) is 4.72. The van der Waals surface area contributed by atoms with Gasteiger partial charge in [-0.05, 0) is 37.5 Å². The number of carbonyl (C=O) groups is 1. The van der Waals surface area contributed by atoms with Gasteiger partial charge in [-0.3, -0.25) is 4.79 Å². The van der Waals surface area contributed by atoms with Crippen LogP contribution in [-0.2, 0) is 4.79 Å². The zero-order valence-electron chi connectivity index (χ0n) is 9.75. The van der Waals surface area contributed by atoms with Gasteiger partial charge in [0.2, 0.25) is 5.91 Å². The Morgan fingerprint density at radius 3 is 2.72 bits per heavy atom. The lowest BCUT2D eigenvalue weighted by molar-refractivity contribution is -0.120. The predicted molar refractivity (Wildman–Crippen MR) is 73.1 cm³/mol. The van der Waals surface area contributed by atoms with Crippen molar-refractivity contribution in [1.82, 2.24) is 5.32 Å². The van der Waals surface area contributed by atoms with Crippen molar-refractivity contribution in [2.24, 2.45) is 5.92 Å². The zero-order valence-corrected chi connectivity index (χ0v) is 11.3. The van der Waals surface area contributed by atoms with Gasteiger partial charge in [0.1, 0.15) is 0 Å². The van der Waals surface area contributed by atoms with Crippen LogP contribution < -0.4 is 10.6 Å². The Labute approximate surface area is 116 Å². The van der Waals surface area contributed by atoms with Crippen molar-refractivity contribution < 1.29 is 4.79 Å². The van der Waals surface area contributed by atoms with E-state index in [0.717, 1.165) is 12.8 Å². The molecule has 96 valence electrons. The Balaban J connectivity index is 1.69. The zero-order chi connectivity index (χ0) is 12.7. The topological polar surface area (TPSA) is 41.1 Å². The third kappa shape index (κ3) is 2.22. The maximum Gasteiger partial charge on any atom is 0.229 e. The van der Waals surface area contributed by atoms with Gasteiger partial charge in [0.25, 0.3) is 0 Å². The summed E-state index contributed by atoms with van der Waals surface area (Å²) in [4.78, 5) is 12.2. The average molecular weight is 285 g/mol. The van der Waals surface area contributed by atoms with E-state index in [9.17, 15) is 4.79 Å². The first-order valence-corrected chi connectivity index (χ1v) is 6.91. The minimum absolute atomic E-state index is 0.0769. The number of fused-ring (bicyclic) bond motifs is 2. The fourth-order valence-corrected chi connectivity index (χ4v) is 3.22. The summed E-state index contributed by atoms with van der Waals surface area (Å²) in [6.07, 6.45) is 3.24. The van der Waals surface area contributed by atoms with Crippen molar-refractivity contribution in [2.45, 2.75) is 31.3 Å². The first-order valence-electron chi connectivity index (χ1n) is 6.15. The molecule has 18 heavy (non-hydrogen) atoms. The highest BCUT2D eigenvalue weighted by atomic mass is 35.5. The molecule has 2 aliphatic heterocycles. The van der Waals surface area contributed by atoms with Crippen molar-refractivity contribution in [2.75, 3.05) is 5.32 Å². The van der Waals surface area contributed by atoms with Crippen LogP contribution in [-0.4, -0.2) is 18.0 Å². The molecule has 3 unspecified atom stereocenters. The summed E-state index contributed by atoms with van der Waals surface area (Å²) in [5.41, 5.74) is 0.706. The lowest BCUT2D eigenvalue weighted by Crippen LogP contribution is -2.32. The molecule has 3 atom stereocenters. The molecule has 2 saturated heterocycles. The van der Waals surface area contributed by atoms with Gasteiger partial charge < -0.3 is 10.6 Å². The number of hydrogen-bond donors (Lipinski definition) is 2. The van der Waals surface area contributed by atoms with E-state index in [1.54, 1.807) is 18.2 Å². The van der Waals surface area contributed by atoms with Gasteiger partial charge in [-0.1, -0.05) is 23.2 Å². The van der Waals surface area contributed by atoms with Crippen molar-refractivity contribution in [3.05, 3.63) is 28.2 Å². The van der Waals surface area contributed by atoms with Crippen molar-refractivity contribution >= 4 is 34.8 Å². The van der Waals surface area contributed by atoms with Crippen LogP contribution in [0.15, 0.2) is 18.2 Å². The number of benzene rings is 1. The van der Waals surface area contributed by atoms with Crippen molar-refractivity contribution in [1.29, 1.82) is 0 Å². The van der Waals surface area contributed by atoms with Crippen LogP contribution in [0.3, 0.4) is 0 Å². The van der Waals surface area contributed by atoms with Gasteiger partial charge in [-0.15, -0.1) is 0 Å². The van der Waals surface area contributed by atoms with E-state index in [4.69, 9.17) is 23.2 Å². The van der Waals surface area contributed by atoms with Crippen LogP contribution >= 0.6 is 23.2 Å². The van der Waals surface area contributed by atoms with Crippen LogP contribution in [0.1, 0.15) is 19.3 Å². The minimum Gasteiger partial charge on any atom is -0.326 e. The van der Waals surface area contributed by atoms with Crippen LogP contribution in [0.2, 0.25) is 10.0 Å². The third-order valence-corrected chi connectivity index (χ3v) is 4.56. The second-order valence-corrected chi connectivity index (χ2v) is 5.82. The SMILES string of the molecule is O=C(Nc1ccc(Cl)c(Cl)c1)C1CC2CCC1N2. The van der Waals surface area contributed by atoms with E-state index in [1.807, 2.05) is 0 Å². The second-order valence-electron chi connectivity index (χ2n) is 5.01. The van der Waals surface area contributed by atoms with Crippen LogP contribution in [0, 0.1) is 5.92 Å². The fraction of sp³-hybridized carbons (Fsp3) is 0.462. The molecular formula is C13H14Cl2N2O. The standard InChI is InChI=1S/C13H14Cl2N2O/c14-10-3-1-8(6-11(10)15)17-13(18)9-5-7-2-4-12(9)16-7/h1,3,6-7,9,12,16H,2,4-5H2,(H,17,18). The molecule has 0 aromatic heterocycles. The number of hydrogen-bond acceptors (Lipinski definition) is 2. The molecule has 3 rings (SSSR count). The smallest absolute Gasteiger partial charge is 0.229 e. The largest absolute Gasteiger partial charge is 0.326 e. The van der Waals surface area contributed by atoms with Crippen LogP contribution in [0.5, 0.6) is 0 Å². The molecular weight excluding hydrogens is 271 g/mol. The summed E-state index contributed by atoms with van der Waals surface area (Å²) < 4.78 is 0. The summed E-state index contributed by atoms with van der Waals surface area (Å²) >= 11 is 11.8. The Morgan fingerprint density at radius 2 is 2.11 bits per heavy atom. The lowest BCUT2D eigenvalue weighted by Gasteiger charge is -2.19. The summed E-state index contributed by atoms with van der Waals surface area (Å²) in [5.74, 6) is 0.159. The Bertz CT molecular complexity index is 492. The highest BCUT2D eigenvalue weighted by Crippen LogP contribution is 2.34. The average Bonchev–Trinajstić information content (AvgIpc) is 2.96. The summed E-state index contributed by atoms with van der Waals surface area (Å²) in [6.45, 7) is 0. The number of amides is 1. The summed E-state index contributed by atoms with van der Waals surface area (Å²) in [7, 11) is 0. The fourth-order valence-electron chi connectivity index (χ4n) is 2.92. The quantitative estimate of drug-likeness (QED) is 0.876. The maximum atomic E-state index is 12.2. The molecule has 2 aliphatic rings. The van der Waals surface area contributed by atoms with E-state index in [0.29, 0.717) is 27.8 Å². The molecule has 1 aromatic rings. The number of carbonyl (C=O) groups excluding carboxylic acids is 1. The molecule has 0 radical (unpaired) electrons. The molecule has 5 heteroatoms. The summed E-state index contributed by atoms with van der Waals surface area (Å²) in [5, 5.41) is 7.33. The van der Waals surface area contributed by atoms with E-state index in [1.165, 1.54) is 6.42 Å². The van der Waals surface area contributed by atoms with Gasteiger partial charge in [-0.2, -0.15) is 0 Å². The van der Waals surface area contributed by atoms with E-state index in [2.05, 4.69) is 10.6 Å². The Morgan fingerprint density at radius 1 is 1.28 bits per heavy atom. The first-order chi connectivity index (χ1) is 8.63. The van der Waals surface area contributed by atoms with Gasteiger partial charge >= 0.3 is 0 Å². The van der Waals surface area contributed by atoms with E-state index in [-0.39, 0.29) is 11.8 Å². The molecule has 0 aliphatic carbocycles. The Kier molecular flexibility index (Phi) is 3.22. The van der Waals surface area contributed by atoms with E-state index < -0.39 is 0 Å². The van der Waals surface area contributed by atoms with Crippen molar-refractivity contribution in [3.8, 4) is 0 Å². The molecule has 1 amide bonds.